The molecule has 1 heterocycles. The SMILES string of the molecule is NC(=O)C(O)CNC(=O)c1cncc(Cl)n1. The summed E-state index contributed by atoms with van der Waals surface area (Å²) in [5.74, 6) is -1.52. The average molecular weight is 245 g/mol. The highest BCUT2D eigenvalue weighted by Crippen LogP contribution is 2.01. The maximum Gasteiger partial charge on any atom is 0.271 e. The number of nitrogens with one attached hydrogen (secondary N) is 1. The number of nitrogens with two attached hydrogens (primary N) is 1. The molecule has 0 spiro atoms. The molecule has 8 heteroatoms. The number of hydrogen-bond acceptors (Lipinski definition) is 5. The molecule has 0 aliphatic carbocycles. The number of carbonyl (C=O) groups is 2. The topological polar surface area (TPSA) is 118 Å². The molecule has 86 valence electrons. The second kappa shape index (κ2) is 5.38. The second-order valence-corrected chi connectivity index (χ2v) is 3.24. The van der Waals surface area contributed by atoms with Gasteiger partial charge < -0.3 is 16.2 Å². The maximum atomic E-state index is 11.4. The fourth-order valence-electron chi connectivity index (χ4n) is 0.832. The van der Waals surface area contributed by atoms with Gasteiger partial charge in [-0.15, -0.1) is 0 Å². The minimum Gasteiger partial charge on any atom is -0.381 e. The van der Waals surface area contributed by atoms with Gasteiger partial charge in [-0.1, -0.05) is 11.6 Å². The molecule has 0 saturated carbocycles. The van der Waals surface area contributed by atoms with E-state index >= 15 is 0 Å². The van der Waals surface area contributed by atoms with Crippen molar-refractivity contribution >= 4 is 23.4 Å². The lowest BCUT2D eigenvalue weighted by molar-refractivity contribution is -0.125. The third-order valence-corrected chi connectivity index (χ3v) is 1.80. The summed E-state index contributed by atoms with van der Waals surface area (Å²) >= 11 is 5.52. The minimum atomic E-state index is -1.43. The minimum absolute atomic E-state index is 0.0100. The van der Waals surface area contributed by atoms with E-state index in [-0.39, 0.29) is 17.4 Å². The highest BCUT2D eigenvalue weighted by Gasteiger charge is 2.14. The van der Waals surface area contributed by atoms with E-state index in [1.807, 2.05) is 0 Å². The van der Waals surface area contributed by atoms with E-state index in [1.165, 1.54) is 12.4 Å². The van der Waals surface area contributed by atoms with Crippen molar-refractivity contribution in [2.45, 2.75) is 6.10 Å². The van der Waals surface area contributed by atoms with Crippen LogP contribution in [0.2, 0.25) is 5.15 Å². The molecule has 0 bridgehead atoms. The van der Waals surface area contributed by atoms with Crippen LogP contribution in [0.1, 0.15) is 10.5 Å². The van der Waals surface area contributed by atoms with Gasteiger partial charge in [0.25, 0.3) is 5.91 Å². The number of aliphatic hydroxyl groups excluding tert-OH is 1. The van der Waals surface area contributed by atoms with Gasteiger partial charge in [-0.25, -0.2) is 4.98 Å². The number of amides is 2. The molecular formula is C8H9ClN4O3. The number of aliphatic hydroxyl groups is 1. The summed E-state index contributed by atoms with van der Waals surface area (Å²) in [6.45, 7) is -0.289. The number of halogens is 1. The molecule has 2 amide bonds. The zero-order valence-electron chi connectivity index (χ0n) is 8.05. The molecule has 7 nitrogen and oxygen atoms in total. The Balaban J connectivity index is 2.56. The molecule has 0 saturated heterocycles. The molecule has 0 aliphatic heterocycles. The van der Waals surface area contributed by atoms with Gasteiger partial charge in [0.2, 0.25) is 5.91 Å². The van der Waals surface area contributed by atoms with Crippen molar-refractivity contribution in [3.63, 3.8) is 0 Å². The van der Waals surface area contributed by atoms with E-state index in [1.54, 1.807) is 0 Å². The number of aromatic nitrogens is 2. The van der Waals surface area contributed by atoms with Gasteiger partial charge in [0.05, 0.1) is 18.9 Å². The fourth-order valence-corrected chi connectivity index (χ4v) is 0.979. The zero-order chi connectivity index (χ0) is 12.1. The number of hydrogen-bond donors (Lipinski definition) is 3. The van der Waals surface area contributed by atoms with E-state index in [9.17, 15) is 9.59 Å². The molecule has 1 atom stereocenters. The molecule has 0 fully saturated rings. The molecule has 4 N–H and O–H groups in total. The van der Waals surface area contributed by atoms with Gasteiger partial charge in [0.1, 0.15) is 17.0 Å². The number of rotatable bonds is 4. The Bertz CT molecular complexity index is 412. The highest BCUT2D eigenvalue weighted by atomic mass is 35.5. The van der Waals surface area contributed by atoms with Crippen molar-refractivity contribution in [3.8, 4) is 0 Å². The number of primary amides is 1. The zero-order valence-corrected chi connectivity index (χ0v) is 8.81. The lowest BCUT2D eigenvalue weighted by Crippen LogP contribution is -2.40. The standard InChI is InChI=1S/C8H9ClN4O3/c9-6-3-11-1-4(13-6)8(16)12-2-5(14)7(10)15/h1,3,5,14H,2H2,(H2,10,15)(H,12,16). The van der Waals surface area contributed by atoms with Crippen molar-refractivity contribution in [2.75, 3.05) is 6.54 Å². The van der Waals surface area contributed by atoms with E-state index in [2.05, 4.69) is 15.3 Å². The van der Waals surface area contributed by atoms with Crippen LogP contribution in [0.25, 0.3) is 0 Å². The Morgan fingerprint density at radius 3 is 2.81 bits per heavy atom. The van der Waals surface area contributed by atoms with Crippen LogP contribution in [0, 0.1) is 0 Å². The van der Waals surface area contributed by atoms with Crippen LogP contribution in [0.15, 0.2) is 12.4 Å². The summed E-state index contributed by atoms with van der Waals surface area (Å²) in [6, 6.07) is 0. The first-order chi connectivity index (χ1) is 7.50. The van der Waals surface area contributed by atoms with Crippen LogP contribution in [-0.2, 0) is 4.79 Å². The summed E-state index contributed by atoms with van der Waals surface area (Å²) in [7, 11) is 0. The van der Waals surface area contributed by atoms with E-state index < -0.39 is 17.9 Å². The van der Waals surface area contributed by atoms with Gasteiger partial charge in [-0.2, -0.15) is 0 Å². The van der Waals surface area contributed by atoms with Crippen LogP contribution in [0.4, 0.5) is 0 Å². The first-order valence-electron chi connectivity index (χ1n) is 4.24. The quantitative estimate of drug-likeness (QED) is 0.609. The Kier molecular flexibility index (Phi) is 4.15. The fraction of sp³-hybridized carbons (Fsp3) is 0.250. The third-order valence-electron chi connectivity index (χ3n) is 1.62. The molecular weight excluding hydrogens is 236 g/mol. The monoisotopic (exact) mass is 244 g/mol. The first kappa shape index (κ1) is 12.3. The average Bonchev–Trinajstić information content (AvgIpc) is 2.25. The van der Waals surface area contributed by atoms with Crippen molar-refractivity contribution in [3.05, 3.63) is 23.2 Å². The van der Waals surface area contributed by atoms with Crippen LogP contribution < -0.4 is 11.1 Å². The number of carbonyl (C=O) groups excluding carboxylic acids is 2. The summed E-state index contributed by atoms with van der Waals surface area (Å²) in [5, 5.41) is 11.4. The van der Waals surface area contributed by atoms with Gasteiger partial charge in [-0.3, -0.25) is 14.6 Å². The Hall–Kier alpha value is -1.73. The normalized spacial score (nSPS) is 11.9. The van der Waals surface area contributed by atoms with E-state index in [0.29, 0.717) is 0 Å². The molecule has 0 aliphatic rings. The van der Waals surface area contributed by atoms with Gasteiger partial charge in [-0.05, 0) is 0 Å². The van der Waals surface area contributed by atoms with Gasteiger partial charge >= 0.3 is 0 Å². The molecule has 1 unspecified atom stereocenters. The first-order valence-corrected chi connectivity index (χ1v) is 4.61. The summed E-state index contributed by atoms with van der Waals surface area (Å²) in [6.07, 6.45) is 1.05. The molecule has 1 rings (SSSR count). The molecule has 0 aromatic carbocycles. The Morgan fingerprint density at radius 2 is 2.25 bits per heavy atom. The summed E-state index contributed by atoms with van der Waals surface area (Å²) in [5.41, 5.74) is 4.79. The summed E-state index contributed by atoms with van der Waals surface area (Å²) < 4.78 is 0. The predicted octanol–water partition coefficient (Wildman–Crippen LogP) is -1.29. The maximum absolute atomic E-state index is 11.4. The summed E-state index contributed by atoms with van der Waals surface area (Å²) in [4.78, 5) is 29.2. The van der Waals surface area contributed by atoms with Crippen LogP contribution in [0.5, 0.6) is 0 Å². The molecule has 0 radical (unpaired) electrons. The predicted molar refractivity (Wildman–Crippen MR) is 54.6 cm³/mol. The Labute approximate surface area is 95.6 Å². The van der Waals surface area contributed by atoms with Crippen molar-refractivity contribution in [2.24, 2.45) is 5.73 Å². The van der Waals surface area contributed by atoms with E-state index in [4.69, 9.17) is 22.4 Å². The lowest BCUT2D eigenvalue weighted by atomic mass is 10.3. The van der Waals surface area contributed by atoms with Crippen molar-refractivity contribution in [1.29, 1.82) is 0 Å². The third kappa shape index (κ3) is 3.44. The number of nitrogens with zero attached hydrogens (tertiary/aromatic N) is 2. The molecule has 1 aromatic heterocycles. The van der Waals surface area contributed by atoms with Crippen molar-refractivity contribution < 1.29 is 14.7 Å². The molecule has 1 aromatic rings. The van der Waals surface area contributed by atoms with Crippen LogP contribution in [-0.4, -0.2) is 39.5 Å². The van der Waals surface area contributed by atoms with Crippen LogP contribution >= 0.6 is 11.6 Å². The van der Waals surface area contributed by atoms with Gasteiger partial charge in [0, 0.05) is 0 Å². The van der Waals surface area contributed by atoms with Crippen molar-refractivity contribution in [1.82, 2.24) is 15.3 Å². The van der Waals surface area contributed by atoms with Gasteiger partial charge in [0.15, 0.2) is 0 Å². The smallest absolute Gasteiger partial charge is 0.271 e. The second-order valence-electron chi connectivity index (χ2n) is 2.86. The largest absolute Gasteiger partial charge is 0.381 e. The molecule has 16 heavy (non-hydrogen) atoms. The lowest BCUT2D eigenvalue weighted by Gasteiger charge is -2.07. The van der Waals surface area contributed by atoms with E-state index in [0.717, 1.165) is 0 Å². The Morgan fingerprint density at radius 1 is 1.56 bits per heavy atom. The highest BCUT2D eigenvalue weighted by molar-refractivity contribution is 6.29. The van der Waals surface area contributed by atoms with Crippen LogP contribution in [0.3, 0.4) is 0 Å².